The predicted molar refractivity (Wildman–Crippen MR) is 91.2 cm³/mol. The quantitative estimate of drug-likeness (QED) is 0.765. The van der Waals surface area contributed by atoms with Crippen LogP contribution in [-0.2, 0) is 11.8 Å². The summed E-state index contributed by atoms with van der Waals surface area (Å²) in [5.41, 5.74) is 0.655. The van der Waals surface area contributed by atoms with Crippen molar-refractivity contribution < 1.29 is 14.0 Å². The molecule has 0 aliphatic rings. The van der Waals surface area contributed by atoms with E-state index in [4.69, 9.17) is 0 Å². The molecule has 2 N–H and O–H groups in total. The van der Waals surface area contributed by atoms with Gasteiger partial charge in [-0.3, -0.25) is 14.3 Å². The second kappa shape index (κ2) is 6.60. The topological polar surface area (TPSA) is 81.0 Å². The highest BCUT2D eigenvalue weighted by Crippen LogP contribution is 2.22. The number of anilines is 2. The maximum absolute atomic E-state index is 14.0. The fourth-order valence-electron chi connectivity index (χ4n) is 2.46. The molecule has 2 heterocycles. The van der Waals surface area contributed by atoms with Crippen LogP contribution in [-0.4, -0.2) is 26.2 Å². The molecule has 25 heavy (non-hydrogen) atoms. The Morgan fingerprint density at radius 1 is 1.16 bits per heavy atom. The van der Waals surface area contributed by atoms with E-state index >= 15 is 0 Å². The minimum Gasteiger partial charge on any atom is -0.326 e. The number of aromatic nitrogens is 3. The van der Waals surface area contributed by atoms with E-state index in [1.165, 1.54) is 31.3 Å². The third-order valence-electron chi connectivity index (χ3n) is 3.54. The van der Waals surface area contributed by atoms with Gasteiger partial charge in [0.2, 0.25) is 5.91 Å². The lowest BCUT2D eigenvalue weighted by Gasteiger charge is -2.10. The third-order valence-corrected chi connectivity index (χ3v) is 3.54. The SMILES string of the molecule is CC(=O)Nc1ccc(F)c(NC(=O)c2cnn(C)c2-n2cccc2)c1. The molecule has 2 aromatic heterocycles. The second-order valence-electron chi connectivity index (χ2n) is 5.43. The van der Waals surface area contributed by atoms with Crippen LogP contribution in [0.4, 0.5) is 15.8 Å². The molecule has 8 heteroatoms. The third kappa shape index (κ3) is 3.42. The van der Waals surface area contributed by atoms with Gasteiger partial charge in [0.05, 0.1) is 11.9 Å². The van der Waals surface area contributed by atoms with Crippen molar-refractivity contribution in [2.45, 2.75) is 6.92 Å². The monoisotopic (exact) mass is 341 g/mol. The highest BCUT2D eigenvalue weighted by Gasteiger charge is 2.18. The van der Waals surface area contributed by atoms with Crippen LogP contribution in [0.25, 0.3) is 5.82 Å². The van der Waals surface area contributed by atoms with Crippen LogP contribution >= 0.6 is 0 Å². The number of nitrogens with one attached hydrogen (secondary N) is 2. The number of hydrogen-bond donors (Lipinski definition) is 2. The summed E-state index contributed by atoms with van der Waals surface area (Å²) in [6.07, 6.45) is 4.98. The van der Waals surface area contributed by atoms with Gasteiger partial charge < -0.3 is 15.2 Å². The maximum atomic E-state index is 14.0. The summed E-state index contributed by atoms with van der Waals surface area (Å²) in [4.78, 5) is 23.7. The van der Waals surface area contributed by atoms with Crippen molar-refractivity contribution in [3.63, 3.8) is 0 Å². The summed E-state index contributed by atoms with van der Waals surface area (Å²) < 4.78 is 17.3. The van der Waals surface area contributed by atoms with Crippen molar-refractivity contribution >= 4 is 23.2 Å². The van der Waals surface area contributed by atoms with Crippen LogP contribution in [0.5, 0.6) is 0 Å². The van der Waals surface area contributed by atoms with Crippen molar-refractivity contribution in [3.8, 4) is 5.82 Å². The number of halogens is 1. The summed E-state index contributed by atoms with van der Waals surface area (Å²) in [6, 6.07) is 7.61. The Labute approximate surface area is 143 Å². The van der Waals surface area contributed by atoms with E-state index in [1.54, 1.807) is 28.7 Å². The minimum atomic E-state index is -0.603. The molecular formula is C17H16FN5O2. The first kappa shape index (κ1) is 16.4. The van der Waals surface area contributed by atoms with E-state index in [-0.39, 0.29) is 11.6 Å². The van der Waals surface area contributed by atoms with Crippen molar-refractivity contribution in [2.75, 3.05) is 10.6 Å². The number of benzene rings is 1. The molecule has 7 nitrogen and oxygen atoms in total. The maximum Gasteiger partial charge on any atom is 0.261 e. The van der Waals surface area contributed by atoms with E-state index in [0.717, 1.165) is 0 Å². The van der Waals surface area contributed by atoms with Gasteiger partial charge in [-0.05, 0) is 30.3 Å². The summed E-state index contributed by atoms with van der Waals surface area (Å²) >= 11 is 0. The first-order chi connectivity index (χ1) is 12.0. The molecule has 3 rings (SSSR count). The Hall–Kier alpha value is -3.42. The number of carbonyl (C=O) groups is 2. The van der Waals surface area contributed by atoms with Gasteiger partial charge >= 0.3 is 0 Å². The van der Waals surface area contributed by atoms with Gasteiger partial charge in [0.25, 0.3) is 5.91 Å². The zero-order valence-electron chi connectivity index (χ0n) is 13.7. The molecule has 0 aliphatic heterocycles. The van der Waals surface area contributed by atoms with E-state index in [0.29, 0.717) is 17.1 Å². The second-order valence-corrected chi connectivity index (χ2v) is 5.43. The smallest absolute Gasteiger partial charge is 0.261 e. The van der Waals surface area contributed by atoms with E-state index in [1.807, 2.05) is 12.1 Å². The Morgan fingerprint density at radius 2 is 1.88 bits per heavy atom. The normalized spacial score (nSPS) is 10.5. The molecule has 0 radical (unpaired) electrons. The molecule has 0 aliphatic carbocycles. The summed E-state index contributed by atoms with van der Waals surface area (Å²) in [5, 5.41) is 9.17. The highest BCUT2D eigenvalue weighted by molar-refractivity contribution is 6.06. The Balaban J connectivity index is 1.90. The molecule has 1 aromatic carbocycles. The number of hydrogen-bond acceptors (Lipinski definition) is 3. The van der Waals surface area contributed by atoms with E-state index < -0.39 is 11.7 Å². The van der Waals surface area contributed by atoms with Gasteiger partial charge in [-0.1, -0.05) is 0 Å². The number of carbonyl (C=O) groups excluding carboxylic acids is 2. The molecule has 0 saturated heterocycles. The molecule has 0 bridgehead atoms. The van der Waals surface area contributed by atoms with Crippen LogP contribution in [0.15, 0.2) is 48.9 Å². The minimum absolute atomic E-state index is 0.0291. The van der Waals surface area contributed by atoms with Gasteiger partial charge in [0, 0.05) is 32.1 Å². The van der Waals surface area contributed by atoms with Crippen LogP contribution in [0.3, 0.4) is 0 Å². The molecule has 128 valence electrons. The van der Waals surface area contributed by atoms with Gasteiger partial charge in [-0.15, -0.1) is 0 Å². The zero-order valence-corrected chi connectivity index (χ0v) is 13.7. The van der Waals surface area contributed by atoms with Crippen molar-refractivity contribution in [2.24, 2.45) is 7.05 Å². The number of nitrogens with zero attached hydrogens (tertiary/aromatic N) is 3. The largest absolute Gasteiger partial charge is 0.326 e. The van der Waals surface area contributed by atoms with Gasteiger partial charge in [0.1, 0.15) is 17.2 Å². The van der Waals surface area contributed by atoms with Crippen molar-refractivity contribution in [1.29, 1.82) is 0 Å². The molecule has 2 amide bonds. The molecule has 0 saturated carbocycles. The first-order valence-electron chi connectivity index (χ1n) is 7.49. The molecule has 3 aromatic rings. The fraction of sp³-hybridized carbons (Fsp3) is 0.118. The van der Waals surface area contributed by atoms with Gasteiger partial charge in [0.15, 0.2) is 0 Å². The van der Waals surface area contributed by atoms with E-state index in [2.05, 4.69) is 15.7 Å². The van der Waals surface area contributed by atoms with E-state index in [9.17, 15) is 14.0 Å². The van der Waals surface area contributed by atoms with Gasteiger partial charge in [-0.25, -0.2) is 4.39 Å². The number of amides is 2. The average molecular weight is 341 g/mol. The Kier molecular flexibility index (Phi) is 4.34. The lowest BCUT2D eigenvalue weighted by Crippen LogP contribution is -2.16. The highest BCUT2D eigenvalue weighted by atomic mass is 19.1. The molecule has 0 spiro atoms. The lowest BCUT2D eigenvalue weighted by molar-refractivity contribution is -0.114. The summed E-state index contributed by atoms with van der Waals surface area (Å²) in [5.74, 6) is -0.837. The van der Waals surface area contributed by atoms with Crippen LogP contribution in [0.2, 0.25) is 0 Å². The van der Waals surface area contributed by atoms with Crippen molar-refractivity contribution in [1.82, 2.24) is 14.3 Å². The van der Waals surface area contributed by atoms with Crippen molar-refractivity contribution in [3.05, 3.63) is 60.3 Å². The zero-order chi connectivity index (χ0) is 18.0. The van der Waals surface area contributed by atoms with Crippen LogP contribution < -0.4 is 10.6 Å². The summed E-state index contributed by atoms with van der Waals surface area (Å²) in [7, 11) is 1.71. The van der Waals surface area contributed by atoms with Gasteiger partial charge in [-0.2, -0.15) is 5.10 Å². The Morgan fingerprint density at radius 3 is 2.56 bits per heavy atom. The average Bonchev–Trinajstić information content (AvgIpc) is 3.19. The fourth-order valence-corrected chi connectivity index (χ4v) is 2.46. The summed E-state index contributed by atoms with van der Waals surface area (Å²) in [6.45, 7) is 1.35. The van der Waals surface area contributed by atoms with Crippen LogP contribution in [0, 0.1) is 5.82 Å². The number of rotatable bonds is 4. The molecule has 0 fully saturated rings. The predicted octanol–water partition coefficient (Wildman–Crippen LogP) is 2.56. The number of aryl methyl sites for hydroxylation is 1. The van der Waals surface area contributed by atoms with Crippen LogP contribution in [0.1, 0.15) is 17.3 Å². The molecular weight excluding hydrogens is 325 g/mol. The standard InChI is InChI=1S/C17H16FN5O2/c1-11(24)20-12-5-6-14(18)15(9-12)21-16(25)13-10-19-22(2)17(13)23-7-3-4-8-23/h3-10H,1-2H3,(H,20,24)(H,21,25). The molecule has 0 atom stereocenters. The molecule has 0 unspecified atom stereocenters. The Bertz CT molecular complexity index is 931. The lowest BCUT2D eigenvalue weighted by atomic mass is 10.2. The first-order valence-corrected chi connectivity index (χ1v) is 7.49.